The number of nitrogens with two attached hydrogens (primary N) is 1. The van der Waals surface area contributed by atoms with Gasteiger partial charge in [0.15, 0.2) is 11.6 Å². The van der Waals surface area contributed by atoms with Crippen LogP contribution in [0.1, 0.15) is 12.5 Å². The number of fused-ring (bicyclic) bond motifs is 1. The maximum atomic E-state index is 6.50. The van der Waals surface area contributed by atoms with Crippen molar-refractivity contribution in [3.63, 3.8) is 0 Å². The number of ether oxygens (including phenoxy) is 1. The smallest absolute Gasteiger partial charge is 0.161 e. The highest BCUT2D eigenvalue weighted by Gasteiger charge is 2.17. The lowest BCUT2D eigenvalue weighted by Gasteiger charge is -2.25. The van der Waals surface area contributed by atoms with Crippen molar-refractivity contribution in [2.45, 2.75) is 13.5 Å². The van der Waals surface area contributed by atoms with E-state index >= 15 is 0 Å². The molecule has 1 heterocycles. The van der Waals surface area contributed by atoms with Crippen LogP contribution in [0.5, 0.6) is 5.75 Å². The zero-order chi connectivity index (χ0) is 20.9. The first-order chi connectivity index (χ1) is 14.7. The number of rotatable bonds is 7. The normalized spacial score (nSPS) is 10.7. The molecule has 0 spiro atoms. The molecule has 0 atom stereocenters. The Labute approximate surface area is 176 Å². The van der Waals surface area contributed by atoms with Crippen LogP contribution >= 0.6 is 0 Å². The van der Waals surface area contributed by atoms with E-state index in [9.17, 15) is 0 Å². The second kappa shape index (κ2) is 8.69. The Morgan fingerprint density at radius 1 is 0.967 bits per heavy atom. The molecule has 0 saturated carbocycles. The molecule has 4 rings (SSSR count). The van der Waals surface area contributed by atoms with Gasteiger partial charge in [-0.2, -0.15) is 0 Å². The van der Waals surface area contributed by atoms with Gasteiger partial charge in [0.25, 0.3) is 0 Å². The molecule has 0 fully saturated rings. The van der Waals surface area contributed by atoms with Gasteiger partial charge in [0, 0.05) is 18.5 Å². The van der Waals surface area contributed by atoms with E-state index < -0.39 is 0 Å². The summed E-state index contributed by atoms with van der Waals surface area (Å²) in [7, 11) is 1.66. The molecule has 0 aliphatic rings. The van der Waals surface area contributed by atoms with E-state index in [-0.39, 0.29) is 0 Å². The molecule has 1 aromatic heterocycles. The van der Waals surface area contributed by atoms with E-state index in [0.29, 0.717) is 23.9 Å². The molecule has 0 aliphatic carbocycles. The molecule has 6 heteroatoms. The maximum absolute atomic E-state index is 6.50. The van der Waals surface area contributed by atoms with Gasteiger partial charge >= 0.3 is 0 Å². The lowest BCUT2D eigenvalue weighted by atomic mass is 10.1. The van der Waals surface area contributed by atoms with Gasteiger partial charge in [-0.15, -0.1) is 0 Å². The summed E-state index contributed by atoms with van der Waals surface area (Å²) < 4.78 is 5.21. The van der Waals surface area contributed by atoms with Crippen LogP contribution in [0, 0.1) is 0 Å². The first-order valence-corrected chi connectivity index (χ1v) is 9.94. The molecule has 152 valence electrons. The third-order valence-electron chi connectivity index (χ3n) is 5.11. The number of aromatic nitrogens is 2. The molecule has 0 bridgehead atoms. The molecular formula is C24H25N5O. The second-order valence-corrected chi connectivity index (χ2v) is 6.90. The van der Waals surface area contributed by atoms with Crippen LogP contribution in [-0.2, 0) is 6.54 Å². The lowest BCUT2D eigenvalue weighted by Crippen LogP contribution is -2.20. The van der Waals surface area contributed by atoms with Crippen molar-refractivity contribution in [3.8, 4) is 5.75 Å². The van der Waals surface area contributed by atoms with E-state index in [1.807, 2.05) is 36.4 Å². The number of methoxy groups -OCH3 is 1. The van der Waals surface area contributed by atoms with Crippen LogP contribution in [0.15, 0.2) is 73.1 Å². The number of nitrogens with one attached hydrogen (secondary N) is 1. The van der Waals surface area contributed by atoms with Gasteiger partial charge in [-0.05, 0) is 36.1 Å². The van der Waals surface area contributed by atoms with Crippen LogP contribution < -0.4 is 20.7 Å². The summed E-state index contributed by atoms with van der Waals surface area (Å²) in [4.78, 5) is 11.0. The molecule has 0 saturated heterocycles. The first kappa shape index (κ1) is 19.5. The second-order valence-electron chi connectivity index (χ2n) is 6.90. The van der Waals surface area contributed by atoms with Gasteiger partial charge in [-0.3, -0.25) is 0 Å². The van der Waals surface area contributed by atoms with Crippen LogP contribution in [-0.4, -0.2) is 23.6 Å². The zero-order valence-electron chi connectivity index (χ0n) is 17.2. The van der Waals surface area contributed by atoms with Crippen LogP contribution in [0.25, 0.3) is 10.8 Å². The standard InChI is InChI=1S/C24H25N5O/c1-3-29(21-10-6-8-18-7-4-5-9-20(18)21)24-22(25)23(27-16-28-24)26-15-17-11-13-19(30-2)14-12-17/h4-14,16H,3,15,25H2,1-2H3,(H,26,27,28). The summed E-state index contributed by atoms with van der Waals surface area (Å²) in [6, 6.07) is 22.5. The van der Waals surface area contributed by atoms with E-state index in [0.717, 1.165) is 28.9 Å². The summed E-state index contributed by atoms with van der Waals surface area (Å²) in [5.41, 5.74) is 9.21. The highest BCUT2D eigenvalue weighted by Crippen LogP contribution is 2.35. The van der Waals surface area contributed by atoms with Crippen LogP contribution in [0.3, 0.4) is 0 Å². The highest BCUT2D eigenvalue weighted by molar-refractivity contribution is 5.97. The summed E-state index contributed by atoms with van der Waals surface area (Å²) in [6.07, 6.45) is 1.55. The van der Waals surface area contributed by atoms with Crippen LogP contribution in [0.4, 0.5) is 23.0 Å². The molecule has 4 aromatic rings. The number of benzene rings is 3. The summed E-state index contributed by atoms with van der Waals surface area (Å²) >= 11 is 0. The molecule has 3 N–H and O–H groups in total. The fraction of sp³-hybridized carbons (Fsp3) is 0.167. The Bertz CT molecular complexity index is 1140. The average molecular weight is 399 g/mol. The van der Waals surface area contributed by atoms with Crippen molar-refractivity contribution in [1.29, 1.82) is 0 Å². The Hall–Kier alpha value is -3.80. The molecule has 3 aromatic carbocycles. The Morgan fingerprint density at radius 2 is 1.73 bits per heavy atom. The molecule has 6 nitrogen and oxygen atoms in total. The maximum Gasteiger partial charge on any atom is 0.161 e. The predicted molar refractivity (Wildman–Crippen MR) is 123 cm³/mol. The van der Waals surface area contributed by atoms with E-state index in [1.54, 1.807) is 13.4 Å². The minimum atomic E-state index is 0.529. The third-order valence-corrected chi connectivity index (χ3v) is 5.11. The molecule has 0 unspecified atom stereocenters. The monoisotopic (exact) mass is 399 g/mol. The van der Waals surface area contributed by atoms with Crippen molar-refractivity contribution in [3.05, 3.63) is 78.6 Å². The van der Waals surface area contributed by atoms with Gasteiger partial charge in [0.1, 0.15) is 17.8 Å². The summed E-state index contributed by atoms with van der Waals surface area (Å²) in [5.74, 6) is 2.15. The molecule has 0 radical (unpaired) electrons. The fourth-order valence-corrected chi connectivity index (χ4v) is 3.55. The van der Waals surface area contributed by atoms with E-state index in [1.165, 1.54) is 5.39 Å². The summed E-state index contributed by atoms with van der Waals surface area (Å²) in [6.45, 7) is 3.42. The molecular weight excluding hydrogens is 374 g/mol. The predicted octanol–water partition coefficient (Wildman–Crippen LogP) is 4.99. The summed E-state index contributed by atoms with van der Waals surface area (Å²) in [5, 5.41) is 5.67. The Kier molecular flexibility index (Phi) is 5.66. The fourth-order valence-electron chi connectivity index (χ4n) is 3.55. The number of nitrogens with zero attached hydrogens (tertiary/aromatic N) is 3. The van der Waals surface area contributed by atoms with Crippen molar-refractivity contribution in [2.24, 2.45) is 0 Å². The SMILES string of the molecule is CCN(c1ncnc(NCc2ccc(OC)cc2)c1N)c1cccc2ccccc12. The van der Waals surface area contributed by atoms with Crippen LogP contribution in [0.2, 0.25) is 0 Å². The number of hydrogen-bond acceptors (Lipinski definition) is 6. The first-order valence-electron chi connectivity index (χ1n) is 9.94. The van der Waals surface area contributed by atoms with Crippen molar-refractivity contribution in [1.82, 2.24) is 9.97 Å². The quantitative estimate of drug-likeness (QED) is 0.456. The van der Waals surface area contributed by atoms with E-state index in [4.69, 9.17) is 10.5 Å². The zero-order valence-corrected chi connectivity index (χ0v) is 17.2. The van der Waals surface area contributed by atoms with Crippen molar-refractivity contribution in [2.75, 3.05) is 29.6 Å². The largest absolute Gasteiger partial charge is 0.497 e. The molecule has 0 aliphatic heterocycles. The minimum Gasteiger partial charge on any atom is -0.497 e. The Morgan fingerprint density at radius 3 is 2.50 bits per heavy atom. The van der Waals surface area contributed by atoms with Gasteiger partial charge < -0.3 is 20.7 Å². The van der Waals surface area contributed by atoms with Gasteiger partial charge in [0.2, 0.25) is 0 Å². The van der Waals surface area contributed by atoms with Gasteiger partial charge in [-0.25, -0.2) is 9.97 Å². The van der Waals surface area contributed by atoms with Gasteiger partial charge in [0.05, 0.1) is 12.8 Å². The van der Waals surface area contributed by atoms with E-state index in [2.05, 4.69) is 57.4 Å². The van der Waals surface area contributed by atoms with Crippen molar-refractivity contribution < 1.29 is 4.74 Å². The lowest BCUT2D eigenvalue weighted by molar-refractivity contribution is 0.414. The number of nitrogen functional groups attached to an aromatic ring is 1. The average Bonchev–Trinajstić information content (AvgIpc) is 2.80. The van der Waals surface area contributed by atoms with Crippen molar-refractivity contribution >= 4 is 33.8 Å². The number of hydrogen-bond donors (Lipinski definition) is 2. The number of anilines is 4. The third kappa shape index (κ3) is 3.85. The topological polar surface area (TPSA) is 76.3 Å². The molecule has 30 heavy (non-hydrogen) atoms. The minimum absolute atomic E-state index is 0.529. The van der Waals surface area contributed by atoms with Gasteiger partial charge in [-0.1, -0.05) is 48.5 Å². The molecule has 0 amide bonds. The Balaban J connectivity index is 1.63. The highest BCUT2D eigenvalue weighted by atomic mass is 16.5.